The van der Waals surface area contributed by atoms with Crippen molar-refractivity contribution in [3.63, 3.8) is 0 Å². The molecule has 0 aromatic heterocycles. The molecule has 0 N–H and O–H groups in total. The van der Waals surface area contributed by atoms with Gasteiger partial charge in [-0.25, -0.2) is 0 Å². The standard InChI is InChI=1S/C36H29BrN2O4/c37-27-17-26-30-25(35(42)39(36(26)43)19-9-5-2-6-10-19)15-12-21-20-11-14-23-29-24(16-13-22(28(20)29)31(27)32(21)30)34(41)38(33(23)40)18-7-3-1-4-8-18/h11-19H,1-10H2. The predicted molar refractivity (Wildman–Crippen MR) is 170 cm³/mol. The fraction of sp³-hybridized carbons (Fsp3) is 0.333. The van der Waals surface area contributed by atoms with Crippen molar-refractivity contribution in [1.82, 2.24) is 9.80 Å². The molecule has 2 fully saturated rings. The minimum atomic E-state index is -0.219. The van der Waals surface area contributed by atoms with Gasteiger partial charge < -0.3 is 0 Å². The Kier molecular flexibility index (Phi) is 5.42. The number of rotatable bonds is 2. The zero-order chi connectivity index (χ0) is 29.1. The predicted octanol–water partition coefficient (Wildman–Crippen LogP) is 8.36. The average molecular weight is 634 g/mol. The van der Waals surface area contributed by atoms with Crippen LogP contribution < -0.4 is 0 Å². The summed E-state index contributed by atoms with van der Waals surface area (Å²) in [6, 6.07) is 13.3. The topological polar surface area (TPSA) is 74.8 Å². The maximum absolute atomic E-state index is 14.0. The largest absolute Gasteiger partial charge is 0.271 e. The number of halogens is 1. The van der Waals surface area contributed by atoms with E-state index < -0.39 is 0 Å². The van der Waals surface area contributed by atoms with Crippen LogP contribution in [0, 0.1) is 0 Å². The molecule has 0 bridgehead atoms. The molecule has 0 saturated heterocycles. The summed E-state index contributed by atoms with van der Waals surface area (Å²) >= 11 is 3.82. The first-order valence-electron chi connectivity index (χ1n) is 15.6. The minimum Gasteiger partial charge on any atom is -0.271 e. The van der Waals surface area contributed by atoms with Gasteiger partial charge in [0.2, 0.25) is 0 Å². The van der Waals surface area contributed by atoms with Crippen LogP contribution in [0.1, 0.15) is 106 Å². The van der Waals surface area contributed by atoms with E-state index in [-0.39, 0.29) is 35.7 Å². The molecular weight excluding hydrogens is 604 g/mol. The van der Waals surface area contributed by atoms with E-state index >= 15 is 0 Å². The maximum atomic E-state index is 14.0. The first-order chi connectivity index (χ1) is 21.0. The lowest BCUT2D eigenvalue weighted by molar-refractivity contribution is 0.0487. The van der Waals surface area contributed by atoms with Crippen LogP contribution >= 0.6 is 15.9 Å². The molecule has 0 spiro atoms. The third-order valence-electron chi connectivity index (χ3n) is 10.6. The van der Waals surface area contributed by atoms with Crippen molar-refractivity contribution in [1.29, 1.82) is 0 Å². The van der Waals surface area contributed by atoms with Crippen LogP contribution in [-0.2, 0) is 0 Å². The lowest BCUT2D eigenvalue weighted by atomic mass is 9.81. The Morgan fingerprint density at radius 2 is 0.884 bits per heavy atom. The second-order valence-corrected chi connectivity index (χ2v) is 13.7. The number of benzene rings is 5. The normalized spacial score (nSPS) is 20.1. The number of nitrogens with zero attached hydrogens (tertiary/aromatic N) is 2. The van der Waals surface area contributed by atoms with E-state index in [0.29, 0.717) is 33.0 Å². The van der Waals surface area contributed by atoms with E-state index in [1.54, 1.807) is 0 Å². The first kappa shape index (κ1) is 25.6. The van der Waals surface area contributed by atoms with Gasteiger partial charge >= 0.3 is 0 Å². The molecule has 5 aromatic carbocycles. The summed E-state index contributed by atoms with van der Waals surface area (Å²) < 4.78 is 0.767. The summed E-state index contributed by atoms with van der Waals surface area (Å²) in [6.45, 7) is 0. The van der Waals surface area contributed by atoms with Crippen molar-refractivity contribution in [2.24, 2.45) is 0 Å². The summed E-state index contributed by atoms with van der Waals surface area (Å²) in [4.78, 5) is 58.8. The number of hydrogen-bond donors (Lipinski definition) is 0. The van der Waals surface area contributed by atoms with Crippen molar-refractivity contribution in [3.8, 4) is 0 Å². The van der Waals surface area contributed by atoms with Gasteiger partial charge in [0, 0.05) is 60.4 Å². The van der Waals surface area contributed by atoms with Gasteiger partial charge in [0.25, 0.3) is 23.6 Å². The number of hydrogen-bond acceptors (Lipinski definition) is 4. The summed E-state index contributed by atoms with van der Waals surface area (Å²) in [5.74, 6) is -0.840. The van der Waals surface area contributed by atoms with Gasteiger partial charge in [-0.05, 0) is 71.5 Å². The molecule has 4 amide bonds. The minimum absolute atomic E-state index is 0.0570. The van der Waals surface area contributed by atoms with Crippen LogP contribution in [0.25, 0.3) is 43.1 Å². The second-order valence-electron chi connectivity index (χ2n) is 12.8. The highest BCUT2D eigenvalue weighted by atomic mass is 79.9. The molecule has 2 aliphatic carbocycles. The molecule has 6 nitrogen and oxygen atoms in total. The highest BCUT2D eigenvalue weighted by Crippen LogP contribution is 2.49. The lowest BCUT2D eigenvalue weighted by Gasteiger charge is -2.37. The highest BCUT2D eigenvalue weighted by Gasteiger charge is 2.41. The Labute approximate surface area is 256 Å². The van der Waals surface area contributed by atoms with Gasteiger partial charge in [0.05, 0.1) is 0 Å². The molecule has 2 aliphatic heterocycles. The molecule has 2 saturated carbocycles. The van der Waals surface area contributed by atoms with Crippen LogP contribution in [0.4, 0.5) is 0 Å². The monoisotopic (exact) mass is 632 g/mol. The van der Waals surface area contributed by atoms with E-state index in [2.05, 4.69) is 15.9 Å². The second kappa shape index (κ2) is 9.08. The van der Waals surface area contributed by atoms with E-state index in [4.69, 9.17) is 0 Å². The Balaban J connectivity index is 1.32. The molecule has 0 radical (unpaired) electrons. The van der Waals surface area contributed by atoms with E-state index in [0.717, 1.165) is 101 Å². The van der Waals surface area contributed by atoms with Crippen LogP contribution in [0.5, 0.6) is 0 Å². The Bertz CT molecular complexity index is 2080. The summed E-state index contributed by atoms with van der Waals surface area (Å²) in [7, 11) is 0. The fourth-order valence-corrected chi connectivity index (χ4v) is 9.34. The van der Waals surface area contributed by atoms with Crippen molar-refractivity contribution >= 4 is 82.6 Å². The van der Waals surface area contributed by atoms with Gasteiger partial charge in [-0.15, -0.1) is 0 Å². The zero-order valence-corrected chi connectivity index (χ0v) is 25.3. The fourth-order valence-electron chi connectivity index (χ4n) is 8.70. The molecule has 0 unspecified atom stereocenters. The number of carbonyl (C=O) groups excluding carboxylic acids is 4. The summed E-state index contributed by atoms with van der Waals surface area (Å²) in [5.41, 5.74) is 2.25. The molecule has 5 aromatic rings. The molecule has 7 heteroatoms. The van der Waals surface area contributed by atoms with Crippen molar-refractivity contribution in [2.75, 3.05) is 0 Å². The average Bonchev–Trinajstić information content (AvgIpc) is 3.03. The van der Waals surface area contributed by atoms with Gasteiger partial charge in [0.15, 0.2) is 0 Å². The van der Waals surface area contributed by atoms with E-state index in [1.165, 1.54) is 9.80 Å². The maximum Gasteiger partial charge on any atom is 0.261 e. The van der Waals surface area contributed by atoms with Gasteiger partial charge in [0.1, 0.15) is 0 Å². The van der Waals surface area contributed by atoms with E-state index in [1.807, 2.05) is 42.5 Å². The van der Waals surface area contributed by atoms with Gasteiger partial charge in [-0.2, -0.15) is 0 Å². The highest BCUT2D eigenvalue weighted by molar-refractivity contribution is 9.10. The van der Waals surface area contributed by atoms with Crippen LogP contribution in [0.3, 0.4) is 0 Å². The molecule has 9 rings (SSSR count). The number of imide groups is 2. The molecule has 0 atom stereocenters. The Morgan fingerprint density at radius 1 is 0.465 bits per heavy atom. The molecule has 2 heterocycles. The Morgan fingerprint density at radius 3 is 1.40 bits per heavy atom. The third kappa shape index (κ3) is 3.29. The van der Waals surface area contributed by atoms with E-state index in [9.17, 15) is 19.2 Å². The summed E-state index contributed by atoms with van der Waals surface area (Å²) in [5, 5.41) is 6.79. The number of carbonyl (C=O) groups is 4. The van der Waals surface area contributed by atoms with Gasteiger partial charge in [-0.3, -0.25) is 29.0 Å². The van der Waals surface area contributed by atoms with Gasteiger partial charge in [-0.1, -0.05) is 72.7 Å². The smallest absolute Gasteiger partial charge is 0.261 e. The molecular formula is C36H29BrN2O4. The third-order valence-corrected chi connectivity index (χ3v) is 11.3. The van der Waals surface area contributed by atoms with Crippen LogP contribution in [0.2, 0.25) is 0 Å². The van der Waals surface area contributed by atoms with Crippen molar-refractivity contribution < 1.29 is 19.2 Å². The quantitative estimate of drug-likeness (QED) is 0.111. The summed E-state index contributed by atoms with van der Waals surface area (Å²) in [6.07, 6.45) is 9.81. The first-order valence-corrected chi connectivity index (χ1v) is 16.4. The molecule has 43 heavy (non-hydrogen) atoms. The van der Waals surface area contributed by atoms with Crippen molar-refractivity contribution in [3.05, 3.63) is 69.2 Å². The lowest BCUT2D eigenvalue weighted by Crippen LogP contribution is -2.47. The van der Waals surface area contributed by atoms with Crippen molar-refractivity contribution in [2.45, 2.75) is 76.3 Å². The van der Waals surface area contributed by atoms with Crippen LogP contribution in [-0.4, -0.2) is 45.5 Å². The molecule has 4 aliphatic rings. The number of amides is 4. The molecule has 214 valence electrons. The number of fused-ring (bicyclic) bond motifs is 2. The van der Waals surface area contributed by atoms with Crippen LogP contribution in [0.15, 0.2) is 46.9 Å². The Hall–Kier alpha value is -3.84. The zero-order valence-electron chi connectivity index (χ0n) is 23.7. The SMILES string of the molecule is O=C1c2ccc3c4ccc5c6c(cc(Br)c(c7ccc(c2c37)C(=O)N1C1CCCCC1)c64)C(=O)N(C1CCCCC1)C5=O.